The van der Waals surface area contributed by atoms with Gasteiger partial charge in [0, 0.05) is 35.0 Å². The lowest BCUT2D eigenvalue weighted by atomic mass is 9.72. The van der Waals surface area contributed by atoms with E-state index in [1.807, 2.05) is 41.5 Å². The second kappa shape index (κ2) is 9.46. The second-order valence-corrected chi connectivity index (χ2v) is 14.4. The third-order valence-corrected chi connectivity index (χ3v) is 7.23. The zero-order chi connectivity index (χ0) is 26.3. The second-order valence-electron chi connectivity index (χ2n) is 14.4. The van der Waals surface area contributed by atoms with E-state index in [4.69, 9.17) is 6.42 Å². The summed E-state index contributed by atoms with van der Waals surface area (Å²) < 4.78 is 0. The van der Waals surface area contributed by atoms with E-state index in [0.29, 0.717) is 12.3 Å². The van der Waals surface area contributed by atoms with Crippen molar-refractivity contribution in [3.8, 4) is 12.3 Å². The molecule has 2 aliphatic rings. The van der Waals surface area contributed by atoms with Crippen LogP contribution in [0.15, 0.2) is 0 Å². The molecule has 0 amide bonds. The first-order valence-electron chi connectivity index (χ1n) is 12.6. The largest absolute Gasteiger partial charge is 0.297 e. The van der Waals surface area contributed by atoms with Crippen LogP contribution in [0.1, 0.15) is 109 Å². The highest BCUT2D eigenvalue weighted by Crippen LogP contribution is 2.41. The van der Waals surface area contributed by atoms with Gasteiger partial charge in [-0.15, -0.1) is 6.42 Å². The highest BCUT2D eigenvalue weighted by atomic mass is 16.1. The molecule has 2 aliphatic heterocycles. The van der Waals surface area contributed by atoms with E-state index in [1.54, 1.807) is 0 Å². The molecule has 2 rings (SSSR count). The van der Waals surface area contributed by atoms with Crippen LogP contribution in [0.5, 0.6) is 0 Å². The standard InChI is InChI=1S/C15H25NO.C14H27NO/c1-8-15(12(17)13(2,3)4)9-10-16(11-15)14(5,6)7;1-12(2,3)11(16)14(7)9-8-10-15(14)13(4,5)6/h1H,9-11H2,2-7H3;8-10H2,1-7H3. The highest BCUT2D eigenvalue weighted by molar-refractivity contribution is 5.93. The molecule has 0 aliphatic carbocycles. The monoisotopic (exact) mass is 460 g/mol. The van der Waals surface area contributed by atoms with Gasteiger partial charge in [-0.1, -0.05) is 47.5 Å². The molecule has 2 unspecified atom stereocenters. The Morgan fingerprint density at radius 1 is 0.758 bits per heavy atom. The Labute approximate surface area is 205 Å². The van der Waals surface area contributed by atoms with Gasteiger partial charge in [-0.25, -0.2) is 0 Å². The van der Waals surface area contributed by atoms with E-state index in [-0.39, 0.29) is 33.2 Å². The Bertz CT molecular complexity index is 764. The minimum Gasteiger partial charge on any atom is -0.297 e. The van der Waals surface area contributed by atoms with Crippen LogP contribution in [0.2, 0.25) is 0 Å². The molecule has 2 heterocycles. The molecule has 0 aromatic carbocycles. The molecular weight excluding hydrogens is 408 g/mol. The lowest BCUT2D eigenvalue weighted by molar-refractivity contribution is -0.139. The van der Waals surface area contributed by atoms with Gasteiger partial charge in [0.05, 0.1) is 5.54 Å². The van der Waals surface area contributed by atoms with Crippen LogP contribution in [-0.2, 0) is 9.59 Å². The van der Waals surface area contributed by atoms with Gasteiger partial charge in [-0.3, -0.25) is 19.4 Å². The maximum Gasteiger partial charge on any atom is 0.158 e. The number of nitrogens with zero attached hydrogens (tertiary/aromatic N) is 2. The zero-order valence-corrected chi connectivity index (χ0v) is 24.0. The quantitative estimate of drug-likeness (QED) is 0.475. The number of Topliss-reactive ketones (excluding diaryl/α,β-unsaturated/α-hetero) is 2. The van der Waals surface area contributed by atoms with Crippen LogP contribution in [0.4, 0.5) is 0 Å². The normalized spacial score (nSPS) is 27.6. The summed E-state index contributed by atoms with van der Waals surface area (Å²) in [5.74, 6) is 3.38. The molecule has 2 saturated heterocycles. The van der Waals surface area contributed by atoms with Crippen molar-refractivity contribution in [3.63, 3.8) is 0 Å². The van der Waals surface area contributed by atoms with Gasteiger partial charge >= 0.3 is 0 Å². The third kappa shape index (κ3) is 6.70. The lowest BCUT2D eigenvalue weighted by Crippen LogP contribution is -2.58. The summed E-state index contributed by atoms with van der Waals surface area (Å²) in [5.41, 5.74) is -1.30. The van der Waals surface area contributed by atoms with Crippen LogP contribution >= 0.6 is 0 Å². The van der Waals surface area contributed by atoms with Crippen molar-refractivity contribution < 1.29 is 9.59 Å². The molecule has 0 bridgehead atoms. The van der Waals surface area contributed by atoms with Gasteiger partial charge in [-0.05, 0) is 74.3 Å². The molecule has 2 atom stereocenters. The fourth-order valence-electron chi connectivity index (χ4n) is 5.55. The van der Waals surface area contributed by atoms with Crippen molar-refractivity contribution in [3.05, 3.63) is 0 Å². The van der Waals surface area contributed by atoms with E-state index < -0.39 is 5.41 Å². The molecule has 0 aromatic rings. The predicted octanol–water partition coefficient (Wildman–Crippen LogP) is 5.98. The minimum atomic E-state index is -0.578. The molecule has 4 nitrogen and oxygen atoms in total. The number of likely N-dealkylation sites (tertiary alicyclic amines) is 2. The van der Waals surface area contributed by atoms with Gasteiger partial charge < -0.3 is 0 Å². The average Bonchev–Trinajstić information content (AvgIpc) is 3.24. The summed E-state index contributed by atoms with van der Waals surface area (Å²) in [6.07, 6.45) is 8.60. The fraction of sp³-hybridized carbons (Fsp3) is 0.862. The van der Waals surface area contributed by atoms with Crippen LogP contribution < -0.4 is 0 Å². The summed E-state index contributed by atoms with van der Waals surface area (Å²) in [6, 6.07) is 0. The maximum atomic E-state index is 12.6. The number of hydrogen-bond donors (Lipinski definition) is 0. The first kappa shape index (κ1) is 29.9. The zero-order valence-electron chi connectivity index (χ0n) is 24.0. The van der Waals surface area contributed by atoms with Crippen molar-refractivity contribution in [2.45, 2.75) is 126 Å². The molecule has 33 heavy (non-hydrogen) atoms. The van der Waals surface area contributed by atoms with Crippen LogP contribution in [-0.4, -0.2) is 57.6 Å². The van der Waals surface area contributed by atoms with Crippen molar-refractivity contribution in [1.82, 2.24) is 9.80 Å². The summed E-state index contributed by atoms with van der Waals surface area (Å²) in [6.45, 7) is 29.8. The number of rotatable bonds is 2. The van der Waals surface area contributed by atoms with Crippen LogP contribution in [0.25, 0.3) is 0 Å². The first-order chi connectivity index (χ1) is 14.5. The summed E-state index contributed by atoms with van der Waals surface area (Å²) in [7, 11) is 0. The third-order valence-electron chi connectivity index (χ3n) is 7.23. The topological polar surface area (TPSA) is 40.6 Å². The molecule has 2 fully saturated rings. The molecule has 0 radical (unpaired) electrons. The summed E-state index contributed by atoms with van der Waals surface area (Å²) in [5, 5.41) is 0. The number of ketones is 2. The average molecular weight is 461 g/mol. The van der Waals surface area contributed by atoms with Gasteiger partial charge in [0.2, 0.25) is 0 Å². The Morgan fingerprint density at radius 2 is 1.24 bits per heavy atom. The minimum absolute atomic E-state index is 0.0756. The number of carbonyl (C=O) groups is 2. The van der Waals surface area contributed by atoms with Crippen molar-refractivity contribution in [2.24, 2.45) is 16.2 Å². The Morgan fingerprint density at radius 3 is 1.58 bits per heavy atom. The van der Waals surface area contributed by atoms with E-state index in [1.165, 1.54) is 0 Å². The van der Waals surface area contributed by atoms with Crippen LogP contribution in [0, 0.1) is 28.6 Å². The van der Waals surface area contributed by atoms with Gasteiger partial charge in [0.1, 0.15) is 5.41 Å². The predicted molar refractivity (Wildman–Crippen MR) is 140 cm³/mol. The molecular formula is C29H52N2O2. The maximum absolute atomic E-state index is 12.6. The highest BCUT2D eigenvalue weighted by Gasteiger charge is 2.50. The lowest BCUT2D eigenvalue weighted by Gasteiger charge is -2.45. The molecule has 0 N–H and O–H groups in total. The number of terminal acetylenes is 1. The van der Waals surface area contributed by atoms with Gasteiger partial charge in [0.15, 0.2) is 11.6 Å². The Kier molecular flexibility index (Phi) is 8.56. The Balaban J connectivity index is 0.000000331. The van der Waals surface area contributed by atoms with Crippen molar-refractivity contribution in [1.29, 1.82) is 0 Å². The number of hydrogen-bond acceptors (Lipinski definition) is 4. The van der Waals surface area contributed by atoms with Crippen molar-refractivity contribution >= 4 is 11.6 Å². The summed E-state index contributed by atoms with van der Waals surface area (Å²) in [4.78, 5) is 29.8. The first-order valence-corrected chi connectivity index (χ1v) is 12.6. The van der Waals surface area contributed by atoms with Gasteiger partial charge in [-0.2, -0.15) is 0 Å². The van der Waals surface area contributed by atoms with Crippen LogP contribution in [0.3, 0.4) is 0 Å². The molecule has 4 heteroatoms. The SMILES string of the molecule is C#CC1(C(=O)C(C)(C)C)CCN(C(C)(C)C)C1.CC(C)(C)C(=O)C1(C)CCCN1C(C)(C)C. The van der Waals surface area contributed by atoms with Crippen molar-refractivity contribution in [2.75, 3.05) is 19.6 Å². The molecule has 0 spiro atoms. The molecule has 0 saturated carbocycles. The fourth-order valence-corrected chi connectivity index (χ4v) is 5.55. The molecule has 0 aromatic heterocycles. The Hall–Kier alpha value is -1.18. The number of carbonyl (C=O) groups excluding carboxylic acids is 2. The van der Waals surface area contributed by atoms with Gasteiger partial charge in [0.25, 0.3) is 0 Å². The van der Waals surface area contributed by atoms with E-state index in [2.05, 4.69) is 64.2 Å². The van der Waals surface area contributed by atoms with E-state index in [9.17, 15) is 9.59 Å². The summed E-state index contributed by atoms with van der Waals surface area (Å²) >= 11 is 0. The van der Waals surface area contributed by atoms with E-state index in [0.717, 1.165) is 32.4 Å². The smallest absolute Gasteiger partial charge is 0.158 e. The molecule has 190 valence electrons. The van der Waals surface area contributed by atoms with E-state index >= 15 is 0 Å².